The zero-order chi connectivity index (χ0) is 16.3. The number of thiophene rings is 1. The number of carboxylic acid groups (broad SMARTS) is 1. The van der Waals surface area contributed by atoms with Crippen LogP contribution in [0.5, 0.6) is 0 Å². The number of nitrogens with zero attached hydrogens (tertiary/aromatic N) is 1. The normalized spacial score (nSPS) is 18.3. The third kappa shape index (κ3) is 3.92. The van der Waals surface area contributed by atoms with Gasteiger partial charge in [0.05, 0.1) is 13.2 Å². The largest absolute Gasteiger partial charge is 0.479 e. The van der Waals surface area contributed by atoms with Crippen LogP contribution in [0.3, 0.4) is 0 Å². The van der Waals surface area contributed by atoms with Gasteiger partial charge >= 0.3 is 5.97 Å². The van der Waals surface area contributed by atoms with Crippen LogP contribution >= 0.6 is 11.3 Å². The molecule has 120 valence electrons. The number of ketones is 1. The van der Waals surface area contributed by atoms with Gasteiger partial charge in [-0.3, -0.25) is 9.59 Å². The molecule has 1 unspecified atom stereocenters. The Morgan fingerprint density at radius 3 is 2.68 bits per heavy atom. The molecule has 0 aliphatic carbocycles. The predicted octanol–water partition coefficient (Wildman–Crippen LogP) is 1.64. The lowest BCUT2D eigenvalue weighted by molar-refractivity contribution is -0.159. The smallest absolute Gasteiger partial charge is 0.334 e. The lowest BCUT2D eigenvalue weighted by atomic mass is 10.1. The lowest BCUT2D eigenvalue weighted by Gasteiger charge is -2.30. The fourth-order valence-electron chi connectivity index (χ4n) is 2.45. The maximum absolute atomic E-state index is 12.2. The summed E-state index contributed by atoms with van der Waals surface area (Å²) in [5, 5.41) is 8.92. The summed E-state index contributed by atoms with van der Waals surface area (Å²) in [6.07, 6.45) is -0.736. The van der Waals surface area contributed by atoms with Gasteiger partial charge in [0.15, 0.2) is 11.9 Å². The zero-order valence-electron chi connectivity index (χ0n) is 12.6. The van der Waals surface area contributed by atoms with Gasteiger partial charge in [0.25, 0.3) is 0 Å². The molecule has 1 aliphatic rings. The van der Waals surface area contributed by atoms with Gasteiger partial charge in [0, 0.05) is 34.7 Å². The van der Waals surface area contributed by atoms with E-state index in [0.717, 1.165) is 9.75 Å². The summed E-state index contributed by atoms with van der Waals surface area (Å²) in [6, 6.07) is 1.85. The first-order chi connectivity index (χ1) is 10.4. The van der Waals surface area contributed by atoms with Crippen molar-refractivity contribution in [1.82, 2.24) is 4.90 Å². The minimum Gasteiger partial charge on any atom is -0.479 e. The summed E-state index contributed by atoms with van der Waals surface area (Å²) >= 11 is 1.57. The Morgan fingerprint density at radius 1 is 1.36 bits per heavy atom. The minimum absolute atomic E-state index is 0.0406. The van der Waals surface area contributed by atoms with Crippen LogP contribution in [0.1, 0.15) is 33.0 Å². The molecule has 0 saturated carbocycles. The second kappa shape index (κ2) is 7.02. The van der Waals surface area contributed by atoms with E-state index in [1.54, 1.807) is 11.3 Å². The fraction of sp³-hybridized carbons (Fsp3) is 0.533. The molecule has 0 aromatic carbocycles. The Balaban J connectivity index is 1.88. The van der Waals surface area contributed by atoms with E-state index in [2.05, 4.69) is 0 Å². The van der Waals surface area contributed by atoms with Crippen molar-refractivity contribution in [2.75, 3.05) is 19.7 Å². The summed E-state index contributed by atoms with van der Waals surface area (Å²) in [7, 11) is 0. The van der Waals surface area contributed by atoms with Gasteiger partial charge < -0.3 is 14.7 Å². The Kier molecular flexibility index (Phi) is 5.31. The molecule has 1 fully saturated rings. The molecule has 2 rings (SSSR count). The number of aryl methyl sites for hydroxylation is 2. The molecule has 0 radical (unpaired) electrons. The fourth-order valence-corrected chi connectivity index (χ4v) is 3.39. The first kappa shape index (κ1) is 16.6. The van der Waals surface area contributed by atoms with Crippen molar-refractivity contribution in [2.45, 2.75) is 32.8 Å². The van der Waals surface area contributed by atoms with Gasteiger partial charge in [-0.2, -0.15) is 0 Å². The summed E-state index contributed by atoms with van der Waals surface area (Å²) < 4.78 is 5.07. The topological polar surface area (TPSA) is 83.9 Å². The van der Waals surface area contributed by atoms with E-state index in [1.165, 1.54) is 4.90 Å². The van der Waals surface area contributed by atoms with Gasteiger partial charge in [0.2, 0.25) is 5.91 Å². The Hall–Kier alpha value is -1.73. The van der Waals surface area contributed by atoms with Crippen LogP contribution in [0.4, 0.5) is 0 Å². The second-order valence-electron chi connectivity index (χ2n) is 5.29. The number of aliphatic carboxylic acids is 1. The third-order valence-corrected chi connectivity index (χ3v) is 4.57. The van der Waals surface area contributed by atoms with Gasteiger partial charge in [-0.15, -0.1) is 11.3 Å². The van der Waals surface area contributed by atoms with E-state index in [1.807, 2.05) is 19.9 Å². The number of carboxylic acids is 1. The van der Waals surface area contributed by atoms with Crippen molar-refractivity contribution < 1.29 is 24.2 Å². The molecule has 6 nitrogen and oxygen atoms in total. The quantitative estimate of drug-likeness (QED) is 0.832. The highest BCUT2D eigenvalue weighted by atomic mass is 32.1. The zero-order valence-corrected chi connectivity index (χ0v) is 13.4. The average molecular weight is 325 g/mol. The van der Waals surface area contributed by atoms with Gasteiger partial charge in [0.1, 0.15) is 0 Å². The first-order valence-electron chi connectivity index (χ1n) is 7.11. The van der Waals surface area contributed by atoms with Crippen LogP contribution in [0.25, 0.3) is 0 Å². The summed E-state index contributed by atoms with van der Waals surface area (Å²) in [5.74, 6) is -1.32. The highest BCUT2D eigenvalue weighted by Crippen LogP contribution is 2.22. The highest BCUT2D eigenvalue weighted by molar-refractivity contribution is 7.12. The number of rotatable bonds is 5. The third-order valence-electron chi connectivity index (χ3n) is 3.60. The number of carbonyl (C=O) groups is 3. The number of hydrogen-bond acceptors (Lipinski definition) is 5. The van der Waals surface area contributed by atoms with Gasteiger partial charge in [-0.1, -0.05) is 0 Å². The molecule has 2 heterocycles. The molecular formula is C15H19NO5S. The average Bonchev–Trinajstić information content (AvgIpc) is 2.83. The van der Waals surface area contributed by atoms with Crippen molar-refractivity contribution in [3.05, 3.63) is 21.4 Å². The van der Waals surface area contributed by atoms with Crippen molar-refractivity contribution in [1.29, 1.82) is 0 Å². The number of Topliss-reactive ketones (excluding diaryl/α,β-unsaturated/α-hetero) is 1. The number of carbonyl (C=O) groups excluding carboxylic acids is 2. The van der Waals surface area contributed by atoms with Crippen LogP contribution in [-0.4, -0.2) is 53.5 Å². The molecule has 1 amide bonds. The second-order valence-corrected chi connectivity index (χ2v) is 6.75. The van der Waals surface area contributed by atoms with E-state index in [9.17, 15) is 14.4 Å². The SMILES string of the molecule is Cc1cc(C(=O)CCC(=O)N2CCOC(C(=O)O)C2)c(C)s1. The number of amides is 1. The predicted molar refractivity (Wildman–Crippen MR) is 81.3 cm³/mol. The van der Waals surface area contributed by atoms with E-state index in [0.29, 0.717) is 12.1 Å². The van der Waals surface area contributed by atoms with Gasteiger partial charge in [-0.25, -0.2) is 4.79 Å². The Labute approximate surface area is 132 Å². The minimum atomic E-state index is -1.07. The first-order valence-corrected chi connectivity index (χ1v) is 7.92. The van der Waals surface area contributed by atoms with Gasteiger partial charge in [-0.05, 0) is 19.9 Å². The molecular weight excluding hydrogens is 306 g/mol. The molecule has 7 heteroatoms. The summed E-state index contributed by atoms with van der Waals surface area (Å²) in [5.41, 5.74) is 0.681. The van der Waals surface area contributed by atoms with Crippen LogP contribution in [-0.2, 0) is 14.3 Å². The monoisotopic (exact) mass is 325 g/mol. The van der Waals surface area contributed by atoms with E-state index in [-0.39, 0.29) is 37.7 Å². The maximum Gasteiger partial charge on any atom is 0.334 e. The lowest BCUT2D eigenvalue weighted by Crippen LogP contribution is -2.48. The summed E-state index contributed by atoms with van der Waals surface area (Å²) in [4.78, 5) is 38.7. The summed E-state index contributed by atoms with van der Waals surface area (Å²) in [6.45, 7) is 4.46. The molecule has 0 spiro atoms. The number of ether oxygens (including phenoxy) is 1. The van der Waals surface area contributed by atoms with Crippen molar-refractivity contribution in [3.63, 3.8) is 0 Å². The molecule has 1 atom stereocenters. The molecule has 1 aromatic heterocycles. The molecule has 1 saturated heterocycles. The Bertz CT molecular complexity index is 595. The molecule has 22 heavy (non-hydrogen) atoms. The van der Waals surface area contributed by atoms with E-state index < -0.39 is 12.1 Å². The van der Waals surface area contributed by atoms with Crippen molar-refractivity contribution in [2.24, 2.45) is 0 Å². The van der Waals surface area contributed by atoms with Crippen molar-refractivity contribution >= 4 is 29.0 Å². The molecule has 1 aliphatic heterocycles. The molecule has 0 bridgehead atoms. The van der Waals surface area contributed by atoms with E-state index in [4.69, 9.17) is 9.84 Å². The van der Waals surface area contributed by atoms with Crippen molar-refractivity contribution in [3.8, 4) is 0 Å². The van der Waals surface area contributed by atoms with Crippen LogP contribution in [0.2, 0.25) is 0 Å². The molecule has 1 aromatic rings. The standard InChI is InChI=1S/C15H19NO5S/c1-9-7-11(10(2)22-9)12(17)3-4-14(18)16-5-6-21-13(8-16)15(19)20/h7,13H,3-6,8H2,1-2H3,(H,19,20). The van der Waals surface area contributed by atoms with Crippen LogP contribution < -0.4 is 0 Å². The van der Waals surface area contributed by atoms with Crippen LogP contribution in [0, 0.1) is 13.8 Å². The Morgan fingerprint density at radius 2 is 2.09 bits per heavy atom. The highest BCUT2D eigenvalue weighted by Gasteiger charge is 2.29. The molecule has 1 N–H and O–H groups in total. The van der Waals surface area contributed by atoms with Crippen LogP contribution in [0.15, 0.2) is 6.07 Å². The van der Waals surface area contributed by atoms with E-state index >= 15 is 0 Å². The maximum atomic E-state index is 12.2. The number of hydrogen-bond donors (Lipinski definition) is 1. The number of morpholine rings is 1.